The molecule has 0 fully saturated rings. The fourth-order valence-corrected chi connectivity index (χ4v) is 6.50. The van der Waals surface area contributed by atoms with Crippen LogP contribution in [0.5, 0.6) is 11.5 Å². The van der Waals surface area contributed by atoms with Gasteiger partial charge in [-0.3, -0.25) is 4.72 Å². The average Bonchev–Trinajstić information content (AvgIpc) is 2.79. The minimum atomic E-state index is -3.81. The Morgan fingerprint density at radius 1 is 1.15 bits per heavy atom. The first-order valence-corrected chi connectivity index (χ1v) is 13.8. The molecular weight excluding hydrogens is 584 g/mol. The lowest BCUT2D eigenvalue weighted by atomic mass is 9.89. The third-order valence-corrected chi connectivity index (χ3v) is 7.79. The predicted molar refractivity (Wildman–Crippen MR) is 143 cm³/mol. The van der Waals surface area contributed by atoms with Crippen LogP contribution >= 0.6 is 31.9 Å². The Kier molecular flexibility index (Phi) is 7.67. The normalized spacial score (nSPS) is 15.8. The Bertz CT molecular complexity index is 1310. The van der Waals surface area contributed by atoms with Gasteiger partial charge in [0.1, 0.15) is 11.5 Å². The summed E-state index contributed by atoms with van der Waals surface area (Å²) in [6, 6.07) is 16.5. The lowest BCUT2D eigenvalue weighted by Gasteiger charge is -2.28. The highest BCUT2D eigenvalue weighted by Crippen LogP contribution is 2.38. The number of ether oxygens (including phenoxy) is 1. The molecule has 0 amide bonds. The van der Waals surface area contributed by atoms with Crippen LogP contribution in [0.25, 0.3) is 6.08 Å². The van der Waals surface area contributed by atoms with Crippen LogP contribution in [0.1, 0.15) is 28.3 Å². The molecule has 3 aromatic rings. The van der Waals surface area contributed by atoms with Crippen LogP contribution in [-0.4, -0.2) is 27.2 Å². The van der Waals surface area contributed by atoms with Crippen molar-refractivity contribution in [2.45, 2.75) is 18.9 Å². The first-order valence-electron chi connectivity index (χ1n) is 10.6. The van der Waals surface area contributed by atoms with Gasteiger partial charge < -0.3 is 15.2 Å². The molecule has 0 aromatic heterocycles. The van der Waals surface area contributed by atoms with Gasteiger partial charge in [0.25, 0.3) is 10.0 Å². The summed E-state index contributed by atoms with van der Waals surface area (Å²) < 4.78 is 34.9. The summed E-state index contributed by atoms with van der Waals surface area (Å²) in [5.41, 5.74) is 3.95. The average molecular weight is 608 g/mol. The van der Waals surface area contributed by atoms with Gasteiger partial charge in [0.05, 0.1) is 27.2 Å². The standard InChI is InChI=1S/C25H24Br2N2O4S/c1-33-25-20(26)11-17(12-21(25)27)13-22-19-15-23(24(30)14-18(19)7-9-28-22)29-34(31,32)10-8-16-5-3-2-4-6-16/h2-6,8,10-12,14-15,22,28-30H,7,9,13H2,1H3/b10-8+. The molecular formula is C25H24Br2N2O4S. The summed E-state index contributed by atoms with van der Waals surface area (Å²) in [5, 5.41) is 15.1. The van der Waals surface area contributed by atoms with Crippen LogP contribution in [0.15, 0.2) is 69.0 Å². The molecule has 1 unspecified atom stereocenters. The van der Waals surface area contributed by atoms with Crippen molar-refractivity contribution in [1.29, 1.82) is 0 Å². The lowest BCUT2D eigenvalue weighted by molar-refractivity contribution is 0.409. The van der Waals surface area contributed by atoms with Crippen molar-refractivity contribution in [3.05, 3.63) is 91.2 Å². The highest BCUT2D eigenvalue weighted by atomic mass is 79.9. The zero-order chi connectivity index (χ0) is 24.3. The third-order valence-electron chi connectivity index (χ3n) is 5.61. The summed E-state index contributed by atoms with van der Waals surface area (Å²) in [6.07, 6.45) is 2.94. The second-order valence-corrected chi connectivity index (χ2v) is 11.3. The fraction of sp³-hybridized carbons (Fsp3) is 0.200. The van der Waals surface area contributed by atoms with E-state index in [4.69, 9.17) is 4.74 Å². The number of phenolic OH excluding ortho intramolecular Hbond substituents is 1. The first kappa shape index (κ1) is 24.8. The molecule has 1 aliphatic rings. The molecule has 0 aliphatic carbocycles. The van der Waals surface area contributed by atoms with E-state index in [1.807, 2.05) is 42.5 Å². The molecule has 1 heterocycles. The number of benzene rings is 3. The molecule has 9 heteroatoms. The fourth-order valence-electron chi connectivity index (χ4n) is 4.02. The van der Waals surface area contributed by atoms with E-state index in [-0.39, 0.29) is 17.5 Å². The van der Waals surface area contributed by atoms with Crippen LogP contribution < -0.4 is 14.8 Å². The van der Waals surface area contributed by atoms with Gasteiger partial charge >= 0.3 is 0 Å². The monoisotopic (exact) mass is 606 g/mol. The second kappa shape index (κ2) is 10.5. The number of methoxy groups -OCH3 is 1. The zero-order valence-corrected chi connectivity index (χ0v) is 22.4. The van der Waals surface area contributed by atoms with Crippen molar-refractivity contribution in [2.24, 2.45) is 0 Å². The van der Waals surface area contributed by atoms with E-state index < -0.39 is 10.0 Å². The molecule has 0 spiro atoms. The van der Waals surface area contributed by atoms with E-state index in [1.165, 1.54) is 6.08 Å². The van der Waals surface area contributed by atoms with Crippen molar-refractivity contribution in [1.82, 2.24) is 5.32 Å². The number of sulfonamides is 1. The summed E-state index contributed by atoms with van der Waals surface area (Å²) in [7, 11) is -2.20. The third kappa shape index (κ3) is 5.83. The predicted octanol–water partition coefficient (Wildman–Crippen LogP) is 5.77. The van der Waals surface area contributed by atoms with Crippen LogP contribution in [0.3, 0.4) is 0 Å². The topological polar surface area (TPSA) is 87.7 Å². The van der Waals surface area contributed by atoms with Crippen LogP contribution in [0.2, 0.25) is 0 Å². The largest absolute Gasteiger partial charge is 0.506 e. The second-order valence-electron chi connectivity index (χ2n) is 7.98. The number of aromatic hydroxyl groups is 1. The summed E-state index contributed by atoms with van der Waals surface area (Å²) >= 11 is 7.10. The molecule has 34 heavy (non-hydrogen) atoms. The Morgan fingerprint density at radius 2 is 1.85 bits per heavy atom. The molecule has 1 aliphatic heterocycles. The van der Waals surface area contributed by atoms with Gasteiger partial charge in [0, 0.05) is 6.04 Å². The van der Waals surface area contributed by atoms with E-state index in [9.17, 15) is 13.5 Å². The van der Waals surface area contributed by atoms with E-state index in [0.717, 1.165) is 55.3 Å². The van der Waals surface area contributed by atoms with Gasteiger partial charge in [-0.2, -0.15) is 0 Å². The number of fused-ring (bicyclic) bond motifs is 1. The Morgan fingerprint density at radius 3 is 2.53 bits per heavy atom. The number of hydrogen-bond acceptors (Lipinski definition) is 5. The Hall–Kier alpha value is -2.33. The molecule has 4 rings (SSSR count). The number of nitrogens with one attached hydrogen (secondary N) is 2. The maximum Gasteiger partial charge on any atom is 0.255 e. The lowest BCUT2D eigenvalue weighted by Crippen LogP contribution is -2.31. The van der Waals surface area contributed by atoms with Gasteiger partial charge in [-0.05, 0) is 104 Å². The van der Waals surface area contributed by atoms with E-state index in [1.54, 1.807) is 19.2 Å². The molecule has 0 radical (unpaired) electrons. The van der Waals surface area contributed by atoms with Crippen LogP contribution in [0, 0.1) is 0 Å². The summed E-state index contributed by atoms with van der Waals surface area (Å²) in [6.45, 7) is 0.764. The molecule has 0 bridgehead atoms. The Balaban J connectivity index is 1.60. The highest BCUT2D eigenvalue weighted by molar-refractivity contribution is 9.11. The number of hydrogen-bond donors (Lipinski definition) is 3. The van der Waals surface area contributed by atoms with Crippen LogP contribution in [-0.2, 0) is 22.9 Å². The maximum absolute atomic E-state index is 12.7. The van der Waals surface area contributed by atoms with Crippen LogP contribution in [0.4, 0.5) is 5.69 Å². The molecule has 6 nitrogen and oxygen atoms in total. The van der Waals surface area contributed by atoms with Crippen molar-refractivity contribution in [3.63, 3.8) is 0 Å². The maximum atomic E-state index is 12.7. The van der Waals surface area contributed by atoms with Gasteiger partial charge in [-0.15, -0.1) is 0 Å². The van der Waals surface area contributed by atoms with Gasteiger partial charge in [0.15, 0.2) is 0 Å². The molecule has 0 saturated carbocycles. The zero-order valence-electron chi connectivity index (χ0n) is 18.4. The number of halogens is 2. The first-order chi connectivity index (χ1) is 16.3. The van der Waals surface area contributed by atoms with Gasteiger partial charge in [0.2, 0.25) is 0 Å². The highest BCUT2D eigenvalue weighted by Gasteiger charge is 2.24. The van der Waals surface area contributed by atoms with Crippen molar-refractivity contribution in [2.75, 3.05) is 18.4 Å². The van der Waals surface area contributed by atoms with Crippen molar-refractivity contribution >= 4 is 53.6 Å². The van der Waals surface area contributed by atoms with E-state index in [2.05, 4.69) is 41.9 Å². The molecule has 178 valence electrons. The van der Waals surface area contributed by atoms with E-state index >= 15 is 0 Å². The Labute approximate surface area is 216 Å². The molecule has 3 N–H and O–H groups in total. The minimum absolute atomic E-state index is 0.0420. The number of phenols is 1. The van der Waals surface area contributed by atoms with E-state index in [0.29, 0.717) is 6.42 Å². The van der Waals surface area contributed by atoms with Crippen molar-refractivity contribution in [3.8, 4) is 11.5 Å². The number of anilines is 1. The smallest absolute Gasteiger partial charge is 0.255 e. The molecule has 3 aromatic carbocycles. The quantitative estimate of drug-likeness (QED) is 0.297. The van der Waals surface area contributed by atoms with Crippen molar-refractivity contribution < 1.29 is 18.3 Å². The summed E-state index contributed by atoms with van der Waals surface area (Å²) in [5.74, 6) is 0.636. The summed E-state index contributed by atoms with van der Waals surface area (Å²) in [4.78, 5) is 0. The molecule has 1 atom stereocenters. The van der Waals surface area contributed by atoms with Gasteiger partial charge in [-0.1, -0.05) is 30.3 Å². The SMILES string of the molecule is COc1c(Br)cc(CC2NCCc3cc(O)c(NS(=O)(=O)/C=C/c4ccccc4)cc32)cc1Br. The minimum Gasteiger partial charge on any atom is -0.506 e. The number of rotatable bonds is 7. The van der Waals surface area contributed by atoms with Gasteiger partial charge in [-0.25, -0.2) is 8.42 Å². The molecule has 0 saturated heterocycles.